The van der Waals surface area contributed by atoms with Crippen molar-refractivity contribution in [3.05, 3.63) is 29.3 Å². The topological polar surface area (TPSA) is 116 Å². The first kappa shape index (κ1) is 22.6. The third-order valence-electron chi connectivity index (χ3n) is 3.95. The minimum atomic E-state index is -3.83. The van der Waals surface area contributed by atoms with E-state index in [4.69, 9.17) is 0 Å². The first-order chi connectivity index (χ1) is 12.4. The monoisotopic (exact) mass is 398 g/mol. The van der Waals surface area contributed by atoms with Gasteiger partial charge in [0.05, 0.1) is 24.5 Å². The maximum Gasteiger partial charge on any atom is 0.242 e. The van der Waals surface area contributed by atoms with E-state index in [9.17, 15) is 22.8 Å². The van der Waals surface area contributed by atoms with Gasteiger partial charge in [-0.2, -0.15) is 0 Å². The SMILES string of the molecule is Cc1ccc(S(=O)(=O)NCC(=O)NCC(=O)N(C)CC(=O)N(C)C)cc1C. The van der Waals surface area contributed by atoms with Crippen LogP contribution in [0.3, 0.4) is 0 Å². The zero-order valence-electron chi connectivity index (χ0n) is 16.2. The average molecular weight is 398 g/mol. The van der Waals surface area contributed by atoms with Gasteiger partial charge in [-0.1, -0.05) is 6.07 Å². The molecule has 10 heteroatoms. The fourth-order valence-electron chi connectivity index (χ4n) is 1.93. The zero-order valence-corrected chi connectivity index (χ0v) is 17.0. The number of nitrogens with one attached hydrogen (secondary N) is 2. The summed E-state index contributed by atoms with van der Waals surface area (Å²) < 4.78 is 26.6. The second-order valence-electron chi connectivity index (χ2n) is 6.39. The molecule has 0 saturated carbocycles. The lowest BCUT2D eigenvalue weighted by atomic mass is 10.1. The molecule has 1 rings (SSSR count). The van der Waals surface area contributed by atoms with Gasteiger partial charge in [0.2, 0.25) is 27.7 Å². The molecule has 0 saturated heterocycles. The minimum Gasteiger partial charge on any atom is -0.347 e. The smallest absolute Gasteiger partial charge is 0.242 e. The summed E-state index contributed by atoms with van der Waals surface area (Å²) in [7, 11) is 0.758. The van der Waals surface area contributed by atoms with Crippen LogP contribution in [0.1, 0.15) is 11.1 Å². The number of likely N-dealkylation sites (N-methyl/N-ethyl adjacent to an activating group) is 2. The maximum absolute atomic E-state index is 12.2. The molecule has 0 aromatic heterocycles. The van der Waals surface area contributed by atoms with Crippen LogP contribution >= 0.6 is 0 Å². The Balaban J connectivity index is 2.51. The number of hydrogen-bond acceptors (Lipinski definition) is 5. The zero-order chi connectivity index (χ0) is 20.8. The molecule has 0 bridgehead atoms. The van der Waals surface area contributed by atoms with E-state index in [1.54, 1.807) is 27.1 Å². The molecule has 0 aliphatic heterocycles. The number of amides is 3. The number of sulfonamides is 1. The van der Waals surface area contributed by atoms with E-state index >= 15 is 0 Å². The second kappa shape index (κ2) is 9.47. The van der Waals surface area contributed by atoms with Gasteiger partial charge in [0.1, 0.15) is 0 Å². The first-order valence-corrected chi connectivity index (χ1v) is 9.70. The maximum atomic E-state index is 12.2. The van der Waals surface area contributed by atoms with Crippen molar-refractivity contribution in [2.75, 3.05) is 40.8 Å². The largest absolute Gasteiger partial charge is 0.347 e. The van der Waals surface area contributed by atoms with Crippen LogP contribution in [0.2, 0.25) is 0 Å². The number of benzene rings is 1. The first-order valence-electron chi connectivity index (χ1n) is 8.21. The Hall–Kier alpha value is -2.46. The van der Waals surface area contributed by atoms with E-state index in [1.807, 2.05) is 6.92 Å². The van der Waals surface area contributed by atoms with Crippen molar-refractivity contribution in [2.24, 2.45) is 0 Å². The lowest BCUT2D eigenvalue weighted by molar-refractivity contribution is -0.138. The number of carbonyl (C=O) groups is 3. The van der Waals surface area contributed by atoms with E-state index in [-0.39, 0.29) is 23.9 Å². The van der Waals surface area contributed by atoms with Crippen LogP contribution < -0.4 is 10.0 Å². The van der Waals surface area contributed by atoms with Gasteiger partial charge in [-0.3, -0.25) is 14.4 Å². The van der Waals surface area contributed by atoms with E-state index in [0.717, 1.165) is 11.1 Å². The minimum absolute atomic E-state index is 0.0661. The molecule has 0 atom stereocenters. The van der Waals surface area contributed by atoms with Crippen molar-refractivity contribution in [3.8, 4) is 0 Å². The molecule has 1 aromatic carbocycles. The second-order valence-corrected chi connectivity index (χ2v) is 8.15. The van der Waals surface area contributed by atoms with Crippen molar-refractivity contribution in [1.82, 2.24) is 19.8 Å². The number of nitrogens with zero attached hydrogens (tertiary/aromatic N) is 2. The van der Waals surface area contributed by atoms with E-state index in [2.05, 4.69) is 10.0 Å². The lowest BCUT2D eigenvalue weighted by Gasteiger charge is -2.19. The molecule has 9 nitrogen and oxygen atoms in total. The number of aryl methyl sites for hydroxylation is 2. The normalized spacial score (nSPS) is 11.0. The van der Waals surface area contributed by atoms with E-state index < -0.39 is 28.4 Å². The van der Waals surface area contributed by atoms with Crippen molar-refractivity contribution in [1.29, 1.82) is 0 Å². The Kier molecular flexibility index (Phi) is 7.92. The van der Waals surface area contributed by atoms with Crippen molar-refractivity contribution < 1.29 is 22.8 Å². The Bertz CT molecular complexity index is 821. The molecule has 27 heavy (non-hydrogen) atoms. The molecular formula is C17H26N4O5S. The fraction of sp³-hybridized carbons (Fsp3) is 0.471. The van der Waals surface area contributed by atoms with Crippen LogP contribution in [0, 0.1) is 13.8 Å². The highest BCUT2D eigenvalue weighted by atomic mass is 32.2. The number of hydrogen-bond donors (Lipinski definition) is 2. The molecule has 0 spiro atoms. The Morgan fingerprint density at radius 2 is 1.59 bits per heavy atom. The van der Waals surface area contributed by atoms with Gasteiger partial charge < -0.3 is 15.1 Å². The Morgan fingerprint density at radius 3 is 2.15 bits per heavy atom. The number of rotatable bonds is 8. The third-order valence-corrected chi connectivity index (χ3v) is 5.34. The van der Waals surface area contributed by atoms with Gasteiger partial charge in [0, 0.05) is 21.1 Å². The van der Waals surface area contributed by atoms with Gasteiger partial charge >= 0.3 is 0 Å². The van der Waals surface area contributed by atoms with Gasteiger partial charge in [-0.25, -0.2) is 13.1 Å². The van der Waals surface area contributed by atoms with Crippen LogP contribution in [0.15, 0.2) is 23.1 Å². The average Bonchev–Trinajstić information content (AvgIpc) is 2.59. The van der Waals surface area contributed by atoms with Crippen LogP contribution in [0.5, 0.6) is 0 Å². The van der Waals surface area contributed by atoms with Gasteiger partial charge in [0.25, 0.3) is 0 Å². The molecule has 0 heterocycles. The van der Waals surface area contributed by atoms with Crippen molar-refractivity contribution >= 4 is 27.7 Å². The highest BCUT2D eigenvalue weighted by molar-refractivity contribution is 7.89. The summed E-state index contributed by atoms with van der Waals surface area (Å²) in [4.78, 5) is 37.9. The summed E-state index contributed by atoms with van der Waals surface area (Å²) in [5.74, 6) is -1.36. The Morgan fingerprint density at radius 1 is 0.963 bits per heavy atom. The van der Waals surface area contributed by atoms with Crippen molar-refractivity contribution in [2.45, 2.75) is 18.7 Å². The molecule has 0 fully saturated rings. The highest BCUT2D eigenvalue weighted by Crippen LogP contribution is 2.14. The lowest BCUT2D eigenvalue weighted by Crippen LogP contribution is -2.44. The van der Waals surface area contributed by atoms with Crippen LogP contribution in [0.4, 0.5) is 0 Å². The van der Waals surface area contributed by atoms with Gasteiger partial charge in [-0.15, -0.1) is 0 Å². The summed E-state index contributed by atoms with van der Waals surface area (Å²) in [6.45, 7) is 2.72. The highest BCUT2D eigenvalue weighted by Gasteiger charge is 2.18. The fourth-order valence-corrected chi connectivity index (χ4v) is 3.00. The van der Waals surface area contributed by atoms with E-state index in [0.29, 0.717) is 0 Å². The molecule has 0 unspecified atom stereocenters. The van der Waals surface area contributed by atoms with E-state index in [1.165, 1.54) is 29.0 Å². The standard InChI is InChI=1S/C17H26N4O5S/c1-12-6-7-14(8-13(12)2)27(25,26)19-9-15(22)18-10-16(23)21(5)11-17(24)20(3)4/h6-8,19H,9-11H2,1-5H3,(H,18,22). The molecule has 0 radical (unpaired) electrons. The molecule has 0 aliphatic rings. The molecule has 3 amide bonds. The van der Waals surface area contributed by atoms with Crippen molar-refractivity contribution in [3.63, 3.8) is 0 Å². The summed E-state index contributed by atoms with van der Waals surface area (Å²) in [6.07, 6.45) is 0. The summed E-state index contributed by atoms with van der Waals surface area (Å²) in [6, 6.07) is 4.67. The molecule has 2 N–H and O–H groups in total. The van der Waals surface area contributed by atoms with Crippen LogP contribution in [-0.4, -0.2) is 76.7 Å². The van der Waals surface area contributed by atoms with Gasteiger partial charge in [0.15, 0.2) is 0 Å². The predicted octanol–water partition coefficient (Wildman–Crippen LogP) is -0.755. The summed E-state index contributed by atoms with van der Waals surface area (Å²) in [5.41, 5.74) is 1.78. The molecule has 1 aromatic rings. The third kappa shape index (κ3) is 6.99. The molecule has 150 valence electrons. The molecule has 0 aliphatic carbocycles. The Labute approximate surface area is 159 Å². The van der Waals surface area contributed by atoms with Crippen LogP contribution in [0.25, 0.3) is 0 Å². The molecular weight excluding hydrogens is 372 g/mol. The quantitative estimate of drug-likeness (QED) is 0.597. The predicted molar refractivity (Wildman–Crippen MR) is 100 cm³/mol. The number of carbonyl (C=O) groups excluding carboxylic acids is 3. The summed E-state index contributed by atoms with van der Waals surface area (Å²) >= 11 is 0. The van der Waals surface area contributed by atoms with Gasteiger partial charge in [-0.05, 0) is 37.1 Å². The van der Waals surface area contributed by atoms with Crippen LogP contribution in [-0.2, 0) is 24.4 Å². The summed E-state index contributed by atoms with van der Waals surface area (Å²) in [5, 5.41) is 2.33.